The molecule has 50 heavy (non-hydrogen) atoms. The Morgan fingerprint density at radius 3 is 2.76 bits per heavy atom. The minimum Gasteiger partial charge on any atom is -0.461 e. The van der Waals surface area contributed by atoms with Gasteiger partial charge in [0.15, 0.2) is 5.82 Å². The number of aliphatic hydroxyl groups excluding tert-OH is 1. The average molecular weight is 691 g/mol. The number of nitrogens with zero attached hydrogens (tertiary/aromatic N) is 6. The topological polar surface area (TPSA) is 104 Å². The standard InChI is InChI=1S/C37H41F3N6O4/c1-4-25-28(39)7-6-21-12-24(50-36(48)44(2)3)13-26(30(21)25)32-31(40)33-27(15-41-32)34(45-16-20-10-22(17-45)29(47)11-20)43-35(42-33)49-19-37-8-5-9-46(37)18-23(38)14-37/h6-7,12-13,15,20,22-23,29,47H,4-5,8-11,14,16-19H2,1-3H3/t20-,22-,23-,29-,37+/m1/s1. The molecule has 13 heteroatoms. The number of aryl methyl sites for hydroxylation is 1. The van der Waals surface area contributed by atoms with Crippen molar-refractivity contribution < 1.29 is 32.5 Å². The van der Waals surface area contributed by atoms with Crippen LogP contribution in [0, 0.1) is 23.5 Å². The van der Waals surface area contributed by atoms with Crippen molar-refractivity contribution >= 4 is 33.6 Å². The van der Waals surface area contributed by atoms with Gasteiger partial charge in [-0.05, 0) is 79.1 Å². The maximum absolute atomic E-state index is 17.2. The zero-order valence-corrected chi connectivity index (χ0v) is 28.5. The monoisotopic (exact) mass is 690 g/mol. The number of alkyl halides is 1. The molecule has 1 saturated carbocycles. The van der Waals surface area contributed by atoms with Crippen LogP contribution in [-0.2, 0) is 6.42 Å². The molecule has 4 aromatic rings. The highest BCUT2D eigenvalue weighted by molar-refractivity contribution is 6.02. The van der Waals surface area contributed by atoms with Gasteiger partial charge in [0, 0.05) is 57.8 Å². The van der Waals surface area contributed by atoms with Crippen LogP contribution in [0.25, 0.3) is 32.9 Å². The first-order chi connectivity index (χ1) is 24.0. The number of hydrogen-bond acceptors (Lipinski definition) is 9. The third kappa shape index (κ3) is 5.58. The van der Waals surface area contributed by atoms with Crippen molar-refractivity contribution in [1.82, 2.24) is 24.8 Å². The van der Waals surface area contributed by atoms with Gasteiger partial charge in [0.2, 0.25) is 0 Å². The van der Waals surface area contributed by atoms with Gasteiger partial charge in [0.1, 0.15) is 41.4 Å². The van der Waals surface area contributed by atoms with E-state index >= 15 is 8.78 Å². The number of halogens is 3. The Morgan fingerprint density at radius 1 is 1.14 bits per heavy atom. The Bertz CT molecular complexity index is 1990. The number of pyridine rings is 1. The number of carbonyl (C=O) groups is 1. The highest BCUT2D eigenvalue weighted by atomic mass is 19.1. The average Bonchev–Trinajstić information content (AvgIpc) is 3.71. The van der Waals surface area contributed by atoms with Gasteiger partial charge >= 0.3 is 12.1 Å². The number of piperidine rings is 1. The lowest BCUT2D eigenvalue weighted by atomic mass is 9.94. The number of aromatic nitrogens is 3. The van der Waals surface area contributed by atoms with E-state index in [1.807, 2.05) is 6.92 Å². The van der Waals surface area contributed by atoms with Crippen molar-refractivity contribution in [2.75, 3.05) is 51.8 Å². The molecule has 3 aliphatic heterocycles. The first-order valence-corrected chi connectivity index (χ1v) is 17.5. The van der Waals surface area contributed by atoms with E-state index < -0.39 is 35.5 Å². The summed E-state index contributed by atoms with van der Waals surface area (Å²) in [5.41, 5.74) is 0.0522. The Morgan fingerprint density at radius 2 is 1.98 bits per heavy atom. The number of benzene rings is 2. The number of amides is 1. The Kier molecular flexibility index (Phi) is 8.25. The van der Waals surface area contributed by atoms with Gasteiger partial charge in [-0.25, -0.2) is 18.0 Å². The lowest BCUT2D eigenvalue weighted by molar-refractivity contribution is 0.107. The summed E-state index contributed by atoms with van der Waals surface area (Å²) in [7, 11) is 3.11. The second-order valence-electron chi connectivity index (χ2n) is 14.7. The molecule has 5 heterocycles. The maximum Gasteiger partial charge on any atom is 0.414 e. The summed E-state index contributed by atoms with van der Waals surface area (Å²) in [6.07, 6.45) is 3.60. The molecule has 0 unspecified atom stereocenters. The number of anilines is 1. The van der Waals surface area contributed by atoms with Crippen LogP contribution in [0.2, 0.25) is 0 Å². The van der Waals surface area contributed by atoms with Crippen LogP contribution in [0.15, 0.2) is 30.5 Å². The molecule has 2 bridgehead atoms. The number of ether oxygens (including phenoxy) is 2. The summed E-state index contributed by atoms with van der Waals surface area (Å²) in [4.78, 5) is 32.0. The summed E-state index contributed by atoms with van der Waals surface area (Å²) < 4.78 is 58.8. The molecule has 4 aliphatic rings. The Labute approximate surface area is 288 Å². The first kappa shape index (κ1) is 32.9. The fourth-order valence-corrected chi connectivity index (χ4v) is 8.84. The minimum atomic E-state index is -0.936. The molecule has 2 aromatic carbocycles. The van der Waals surface area contributed by atoms with Crippen molar-refractivity contribution in [3.63, 3.8) is 0 Å². The van der Waals surface area contributed by atoms with Crippen LogP contribution in [0.1, 0.15) is 44.6 Å². The van der Waals surface area contributed by atoms with E-state index in [0.29, 0.717) is 66.4 Å². The molecule has 5 atom stereocenters. The van der Waals surface area contributed by atoms with Crippen LogP contribution in [-0.4, -0.2) is 101 Å². The summed E-state index contributed by atoms with van der Waals surface area (Å²) in [5.74, 6) is -0.259. The summed E-state index contributed by atoms with van der Waals surface area (Å²) in [5, 5.41) is 12.0. The quantitative estimate of drug-likeness (QED) is 0.254. The van der Waals surface area contributed by atoms with Crippen LogP contribution in [0.4, 0.5) is 23.8 Å². The number of carbonyl (C=O) groups excluding carboxylic acids is 1. The van der Waals surface area contributed by atoms with Crippen molar-refractivity contribution in [3.05, 3.63) is 47.7 Å². The molecule has 8 rings (SSSR count). The highest BCUT2D eigenvalue weighted by Gasteiger charge is 2.49. The molecule has 3 saturated heterocycles. The SMILES string of the molecule is CCc1c(F)ccc2cc(OC(=O)N(C)C)cc(-c3ncc4c(N5C[C@@H]6C[C@H](C5)[C@H](O)C6)nc(OC[C@@]56CCCN5C[C@H](F)C6)nc4c3F)c12. The molecule has 10 nitrogen and oxygen atoms in total. The molecule has 1 amide bonds. The van der Waals surface area contributed by atoms with Crippen molar-refractivity contribution in [3.8, 4) is 23.0 Å². The molecule has 1 N–H and O–H groups in total. The summed E-state index contributed by atoms with van der Waals surface area (Å²) in [6, 6.07) is 6.02. The molecule has 0 radical (unpaired) electrons. The van der Waals surface area contributed by atoms with Crippen LogP contribution in [0.3, 0.4) is 0 Å². The normalized spacial score (nSPS) is 26.2. The van der Waals surface area contributed by atoms with Gasteiger partial charge in [0.05, 0.1) is 17.0 Å². The predicted molar refractivity (Wildman–Crippen MR) is 182 cm³/mol. The Balaban J connectivity index is 1.28. The van der Waals surface area contributed by atoms with E-state index in [1.54, 1.807) is 26.2 Å². The zero-order chi connectivity index (χ0) is 34.9. The molecule has 4 fully saturated rings. The molecular weight excluding hydrogens is 649 g/mol. The van der Waals surface area contributed by atoms with Gasteiger partial charge in [-0.1, -0.05) is 13.0 Å². The fraction of sp³-hybridized carbons (Fsp3) is 0.514. The highest BCUT2D eigenvalue weighted by Crippen LogP contribution is 2.44. The lowest BCUT2D eigenvalue weighted by Gasteiger charge is -2.34. The lowest BCUT2D eigenvalue weighted by Crippen LogP contribution is -2.43. The third-order valence-electron chi connectivity index (χ3n) is 11.2. The molecule has 264 valence electrons. The Hall–Kier alpha value is -4.23. The second-order valence-corrected chi connectivity index (χ2v) is 14.7. The van der Waals surface area contributed by atoms with E-state index in [0.717, 1.165) is 25.8 Å². The number of fused-ring (bicyclic) bond motifs is 5. The van der Waals surface area contributed by atoms with Gasteiger partial charge in [-0.15, -0.1) is 0 Å². The van der Waals surface area contributed by atoms with Crippen LogP contribution in [0.5, 0.6) is 11.8 Å². The van der Waals surface area contributed by atoms with Gasteiger partial charge in [-0.2, -0.15) is 9.97 Å². The van der Waals surface area contributed by atoms with E-state index in [4.69, 9.17) is 14.5 Å². The van der Waals surface area contributed by atoms with Crippen molar-refractivity contribution in [2.45, 2.75) is 63.3 Å². The molecule has 0 spiro atoms. The summed E-state index contributed by atoms with van der Waals surface area (Å²) in [6.45, 7) is 4.33. The fourth-order valence-electron chi connectivity index (χ4n) is 8.84. The van der Waals surface area contributed by atoms with E-state index in [1.165, 1.54) is 23.2 Å². The predicted octanol–water partition coefficient (Wildman–Crippen LogP) is 5.91. The maximum atomic E-state index is 17.2. The largest absolute Gasteiger partial charge is 0.461 e. The van der Waals surface area contributed by atoms with E-state index in [-0.39, 0.29) is 47.0 Å². The molecule has 1 aliphatic carbocycles. The number of hydrogen-bond donors (Lipinski definition) is 1. The first-order valence-electron chi connectivity index (χ1n) is 17.5. The van der Waals surface area contributed by atoms with E-state index in [2.05, 4.69) is 19.8 Å². The van der Waals surface area contributed by atoms with Gasteiger partial charge < -0.3 is 24.4 Å². The number of aliphatic hydroxyl groups is 1. The second kappa shape index (κ2) is 12.5. The van der Waals surface area contributed by atoms with Crippen molar-refractivity contribution in [2.24, 2.45) is 11.8 Å². The van der Waals surface area contributed by atoms with Gasteiger partial charge in [-0.3, -0.25) is 9.88 Å². The molecule has 2 aromatic heterocycles. The van der Waals surface area contributed by atoms with Crippen LogP contribution < -0.4 is 14.4 Å². The zero-order valence-electron chi connectivity index (χ0n) is 28.5. The van der Waals surface area contributed by atoms with Gasteiger partial charge in [0.25, 0.3) is 0 Å². The smallest absolute Gasteiger partial charge is 0.414 e. The van der Waals surface area contributed by atoms with E-state index in [9.17, 15) is 14.3 Å². The molecular formula is C37H41F3N6O4. The number of rotatable bonds is 7. The van der Waals surface area contributed by atoms with Crippen LogP contribution >= 0.6 is 0 Å². The summed E-state index contributed by atoms with van der Waals surface area (Å²) >= 11 is 0. The minimum absolute atomic E-state index is 0.0237. The van der Waals surface area contributed by atoms with Crippen molar-refractivity contribution in [1.29, 1.82) is 0 Å². The third-order valence-corrected chi connectivity index (χ3v) is 11.2.